The van der Waals surface area contributed by atoms with Crippen molar-refractivity contribution in [2.45, 2.75) is 0 Å². The zero-order valence-corrected chi connectivity index (χ0v) is 3.96. The first kappa shape index (κ1) is 5.59. The lowest BCUT2D eigenvalue weighted by molar-refractivity contribution is 0.238. The number of rotatable bonds is 1. The molecule has 0 aromatic carbocycles. The van der Waals surface area contributed by atoms with Crippen molar-refractivity contribution in [1.82, 2.24) is 5.48 Å². The van der Waals surface area contributed by atoms with Crippen LogP contribution in [0.25, 0.3) is 0 Å². The number of hydrogen-bond donors (Lipinski definition) is 2. The highest BCUT2D eigenvalue weighted by atomic mass is 32.1. The molecule has 0 aliphatic rings. The van der Waals surface area contributed by atoms with Crippen molar-refractivity contribution < 1.29 is 5.21 Å². The minimum Gasteiger partial charge on any atom is -0.290 e. The molecule has 0 radical (unpaired) electrons. The van der Waals surface area contributed by atoms with Gasteiger partial charge in [0.15, 0.2) is 0 Å². The largest absolute Gasteiger partial charge is 0.290 e. The quantitative estimate of drug-likeness (QED) is 0.287. The van der Waals surface area contributed by atoms with Crippen LogP contribution in [-0.4, -0.2) is 10.2 Å². The molecule has 0 aliphatic heterocycles. The predicted octanol–water partition coefficient (Wildman–Crippen LogP) is 0.479. The Balaban J connectivity index is 3.23. The van der Waals surface area contributed by atoms with E-state index < -0.39 is 0 Å². The summed E-state index contributed by atoms with van der Waals surface area (Å²) >= 11 is 4.38. The highest BCUT2D eigenvalue weighted by molar-refractivity contribution is 7.80. The molecule has 3 heteroatoms. The molecule has 0 amide bonds. The van der Waals surface area contributed by atoms with Crippen molar-refractivity contribution >= 4 is 17.2 Å². The highest BCUT2D eigenvalue weighted by Crippen LogP contribution is 1.64. The number of thiocarbonyl (C=S) groups is 1. The average molecular weight is 103 g/mol. The lowest BCUT2D eigenvalue weighted by atomic mass is 10.7. The molecule has 0 unspecified atom stereocenters. The van der Waals surface area contributed by atoms with Crippen LogP contribution >= 0.6 is 12.2 Å². The van der Waals surface area contributed by atoms with Crippen LogP contribution in [-0.2, 0) is 0 Å². The topological polar surface area (TPSA) is 32.3 Å². The van der Waals surface area contributed by atoms with E-state index >= 15 is 0 Å². The zero-order valence-electron chi connectivity index (χ0n) is 3.14. The van der Waals surface area contributed by atoms with Gasteiger partial charge in [0.1, 0.15) is 4.99 Å². The first-order chi connectivity index (χ1) is 2.81. The lowest BCUT2D eigenvalue weighted by Gasteiger charge is -1.85. The Bertz CT molecular complexity index is 71.2. The standard InChI is InChI=1S/C3H5NOS/c1-2-3(6)4-5/h2,5H,1H2,(H,4,6). The van der Waals surface area contributed by atoms with Crippen LogP contribution in [0.3, 0.4) is 0 Å². The Kier molecular flexibility index (Phi) is 2.62. The third-order valence-corrected chi connectivity index (χ3v) is 0.554. The van der Waals surface area contributed by atoms with Crippen molar-refractivity contribution in [1.29, 1.82) is 0 Å². The van der Waals surface area contributed by atoms with Crippen LogP contribution in [0.4, 0.5) is 0 Å². The minimum absolute atomic E-state index is 0.245. The molecular formula is C3H5NOS. The second-order valence-corrected chi connectivity index (χ2v) is 1.12. The molecule has 0 atom stereocenters. The van der Waals surface area contributed by atoms with E-state index in [1.807, 2.05) is 0 Å². The van der Waals surface area contributed by atoms with Gasteiger partial charge in [-0.15, -0.1) is 0 Å². The van der Waals surface area contributed by atoms with Gasteiger partial charge in [-0.25, -0.2) is 0 Å². The van der Waals surface area contributed by atoms with E-state index in [-0.39, 0.29) is 4.99 Å². The summed E-state index contributed by atoms with van der Waals surface area (Å²) in [6.45, 7) is 3.27. The second kappa shape index (κ2) is 2.81. The Hall–Kier alpha value is -0.410. The monoisotopic (exact) mass is 103 g/mol. The molecule has 2 N–H and O–H groups in total. The zero-order chi connectivity index (χ0) is 4.99. The molecule has 0 fully saturated rings. The molecule has 0 aromatic heterocycles. The van der Waals surface area contributed by atoms with Gasteiger partial charge in [0, 0.05) is 0 Å². The third-order valence-electron chi connectivity index (χ3n) is 0.296. The van der Waals surface area contributed by atoms with Gasteiger partial charge < -0.3 is 0 Å². The summed E-state index contributed by atoms with van der Waals surface area (Å²) in [5.74, 6) is 0. The van der Waals surface area contributed by atoms with Gasteiger partial charge in [-0.2, -0.15) is 0 Å². The molecule has 0 saturated carbocycles. The Labute approximate surface area is 41.4 Å². The van der Waals surface area contributed by atoms with Crippen molar-refractivity contribution in [3.63, 3.8) is 0 Å². The molecule has 0 spiro atoms. The summed E-state index contributed by atoms with van der Waals surface area (Å²) in [5.41, 5.74) is 1.73. The van der Waals surface area contributed by atoms with Crippen LogP contribution in [0.15, 0.2) is 12.7 Å². The molecule has 0 aromatic rings. The summed E-state index contributed by atoms with van der Waals surface area (Å²) in [6.07, 6.45) is 1.34. The minimum atomic E-state index is 0.245. The normalized spacial score (nSPS) is 6.83. The maximum atomic E-state index is 7.87. The van der Waals surface area contributed by atoms with E-state index in [0.29, 0.717) is 0 Å². The van der Waals surface area contributed by atoms with Gasteiger partial charge in [0.2, 0.25) is 0 Å². The van der Waals surface area contributed by atoms with Gasteiger partial charge in [0.05, 0.1) is 0 Å². The molecule has 0 saturated heterocycles. The van der Waals surface area contributed by atoms with Crippen molar-refractivity contribution in [2.24, 2.45) is 0 Å². The molecule has 6 heavy (non-hydrogen) atoms. The summed E-state index contributed by atoms with van der Waals surface area (Å²) < 4.78 is 0. The summed E-state index contributed by atoms with van der Waals surface area (Å²) in [5, 5.41) is 7.87. The first-order valence-corrected chi connectivity index (χ1v) is 1.78. The SMILES string of the molecule is C=CC(=S)NO. The fourth-order valence-corrected chi connectivity index (χ4v) is 0.0456. The van der Waals surface area contributed by atoms with Gasteiger partial charge in [-0.3, -0.25) is 10.7 Å². The predicted molar refractivity (Wildman–Crippen MR) is 27.7 cm³/mol. The van der Waals surface area contributed by atoms with E-state index in [2.05, 4.69) is 18.8 Å². The lowest BCUT2D eigenvalue weighted by Crippen LogP contribution is -2.11. The van der Waals surface area contributed by atoms with Gasteiger partial charge in [-0.1, -0.05) is 18.8 Å². The van der Waals surface area contributed by atoms with E-state index in [4.69, 9.17) is 5.21 Å². The molecule has 0 bridgehead atoms. The second-order valence-electron chi connectivity index (χ2n) is 0.680. The summed E-state index contributed by atoms with van der Waals surface area (Å²) in [6, 6.07) is 0. The summed E-state index contributed by atoms with van der Waals surface area (Å²) in [4.78, 5) is 0.245. The van der Waals surface area contributed by atoms with E-state index in [1.165, 1.54) is 6.08 Å². The third kappa shape index (κ3) is 1.87. The van der Waals surface area contributed by atoms with E-state index in [0.717, 1.165) is 0 Å². The first-order valence-electron chi connectivity index (χ1n) is 1.37. The Morgan fingerprint density at radius 1 is 2.00 bits per heavy atom. The Morgan fingerprint density at radius 2 is 2.50 bits per heavy atom. The number of hydrogen-bond acceptors (Lipinski definition) is 2. The van der Waals surface area contributed by atoms with Crippen molar-refractivity contribution in [3.8, 4) is 0 Å². The summed E-state index contributed by atoms with van der Waals surface area (Å²) in [7, 11) is 0. The fourth-order valence-electron chi connectivity index (χ4n) is 0.0456. The van der Waals surface area contributed by atoms with Crippen molar-refractivity contribution in [2.75, 3.05) is 0 Å². The van der Waals surface area contributed by atoms with Crippen LogP contribution in [0.5, 0.6) is 0 Å². The van der Waals surface area contributed by atoms with Crippen molar-refractivity contribution in [3.05, 3.63) is 12.7 Å². The van der Waals surface area contributed by atoms with Crippen LogP contribution < -0.4 is 5.48 Å². The van der Waals surface area contributed by atoms with E-state index in [9.17, 15) is 0 Å². The number of nitrogens with one attached hydrogen (secondary N) is 1. The number of hydroxylamine groups is 1. The maximum Gasteiger partial charge on any atom is 0.122 e. The molecule has 2 nitrogen and oxygen atoms in total. The molecule has 0 rings (SSSR count). The smallest absolute Gasteiger partial charge is 0.122 e. The fraction of sp³-hybridized carbons (Fsp3) is 0. The highest BCUT2D eigenvalue weighted by Gasteiger charge is 1.74. The van der Waals surface area contributed by atoms with E-state index in [1.54, 1.807) is 5.48 Å². The molecule has 34 valence electrons. The van der Waals surface area contributed by atoms with Gasteiger partial charge in [-0.05, 0) is 6.08 Å². The molecule has 0 heterocycles. The molecular weight excluding hydrogens is 98.1 g/mol. The van der Waals surface area contributed by atoms with Gasteiger partial charge >= 0.3 is 0 Å². The average Bonchev–Trinajstić information content (AvgIpc) is 1.65. The Morgan fingerprint density at radius 3 is 2.50 bits per heavy atom. The van der Waals surface area contributed by atoms with Crippen LogP contribution in [0.1, 0.15) is 0 Å². The van der Waals surface area contributed by atoms with Crippen LogP contribution in [0.2, 0.25) is 0 Å². The van der Waals surface area contributed by atoms with Gasteiger partial charge in [0.25, 0.3) is 0 Å². The molecule has 0 aliphatic carbocycles. The van der Waals surface area contributed by atoms with Crippen LogP contribution in [0, 0.1) is 0 Å². The maximum absolute atomic E-state index is 7.87.